The zero-order valence-corrected chi connectivity index (χ0v) is 10.9. The Labute approximate surface area is 99.1 Å². The van der Waals surface area contributed by atoms with Gasteiger partial charge in [-0.1, -0.05) is 0 Å². The van der Waals surface area contributed by atoms with Gasteiger partial charge in [-0.05, 0) is 0 Å². The maximum absolute atomic E-state index is 10.6. The van der Waals surface area contributed by atoms with Gasteiger partial charge in [-0.15, -0.1) is 0 Å². The molecule has 0 aliphatic heterocycles. The monoisotopic (exact) mass is 382 g/mol. The van der Waals surface area contributed by atoms with Gasteiger partial charge in [-0.2, -0.15) is 17.6 Å². The minimum absolute atomic E-state index is 0. The molecule has 0 fully saturated rings. The maximum atomic E-state index is 10.6. The third-order valence-corrected chi connectivity index (χ3v) is 1.31. The summed E-state index contributed by atoms with van der Waals surface area (Å²) in [5, 5.41) is 0. The topological polar surface area (TPSA) is 114 Å². The van der Waals surface area contributed by atoms with Crippen molar-refractivity contribution in [2.45, 2.75) is 11.5 Å². The summed E-state index contributed by atoms with van der Waals surface area (Å²) < 4.78 is 96.7. The molecule has 0 aliphatic carbocycles. The number of rotatable bonds is 2. The van der Waals surface area contributed by atoms with Crippen molar-refractivity contribution in [3.05, 3.63) is 0 Å². The van der Waals surface area contributed by atoms with Gasteiger partial charge in [0.1, 0.15) is 0 Å². The smallest absolute Gasteiger partial charge is 0.744 e. The Balaban J connectivity index is -0.000000180. The summed E-state index contributed by atoms with van der Waals surface area (Å²) >= 11 is 0. The molecule has 0 spiro atoms. The van der Waals surface area contributed by atoms with Crippen molar-refractivity contribution in [2.75, 3.05) is 0 Å². The molecule has 0 saturated carbocycles. The van der Waals surface area contributed by atoms with E-state index in [2.05, 4.69) is 0 Å². The van der Waals surface area contributed by atoms with Crippen molar-refractivity contribution in [1.82, 2.24) is 0 Å². The van der Waals surface area contributed by atoms with Gasteiger partial charge >= 0.3 is 35.4 Å². The zero-order chi connectivity index (χ0) is 12.2. The molecule has 0 N–H and O–H groups in total. The Hall–Kier alpha value is 0.339. The predicted molar refractivity (Wildman–Crippen MR) is 37.2 cm³/mol. The molecule has 0 aromatic rings. The third-order valence-electron chi connectivity index (χ3n) is 0.436. The Morgan fingerprint density at radius 1 is 0.733 bits per heavy atom. The van der Waals surface area contributed by atoms with Crippen LogP contribution in [0.1, 0.15) is 0 Å². The van der Waals surface area contributed by atoms with E-state index in [9.17, 15) is 17.6 Å². The summed E-state index contributed by atoms with van der Waals surface area (Å²) in [5.74, 6) is -7.57. The van der Waals surface area contributed by atoms with E-state index in [4.69, 9.17) is 25.9 Å². The van der Waals surface area contributed by atoms with E-state index in [1.165, 1.54) is 0 Å². The molecule has 0 amide bonds. The molecule has 0 aliphatic rings. The van der Waals surface area contributed by atoms with Crippen LogP contribution in [0.25, 0.3) is 0 Å². The first-order valence-electron chi connectivity index (χ1n) is 2.34. The van der Waals surface area contributed by atoms with E-state index in [0.29, 0.717) is 0 Å². The van der Waals surface area contributed by atoms with Gasteiger partial charge in [-0.3, -0.25) is 0 Å². The van der Waals surface area contributed by atoms with Gasteiger partial charge in [0.05, 0.1) is 0 Å². The summed E-state index contributed by atoms with van der Waals surface area (Å²) in [6.45, 7) is 0. The van der Waals surface area contributed by atoms with Crippen molar-refractivity contribution < 1.29 is 43.5 Å². The SMILES string of the molecule is O=S(=O)([O-])C(F)F.O=S(=O)([O-])C(F)F.[Sn+2]. The van der Waals surface area contributed by atoms with E-state index >= 15 is 0 Å². The molecule has 2 radical (unpaired) electrons. The minimum Gasteiger partial charge on any atom is -0.744 e. The van der Waals surface area contributed by atoms with Gasteiger partial charge in [0.15, 0.2) is 20.2 Å². The average molecular weight is 381 g/mol. The molecule has 15 heavy (non-hydrogen) atoms. The van der Waals surface area contributed by atoms with Crippen molar-refractivity contribution in [2.24, 2.45) is 0 Å². The summed E-state index contributed by atoms with van der Waals surface area (Å²) in [5.41, 5.74) is 0. The second kappa shape index (κ2) is 7.59. The summed E-state index contributed by atoms with van der Waals surface area (Å²) in [4.78, 5) is 0. The van der Waals surface area contributed by atoms with Crippen LogP contribution in [0.15, 0.2) is 0 Å². The standard InChI is InChI=1S/2CH2F2O3S.Sn/c2*2-1(3)7(4,5)6;/h2*1H,(H,4,5,6);/q;;+2/p-2. The number of alkyl halides is 4. The Kier molecular flexibility index (Phi) is 10.5. The first-order valence-corrected chi connectivity index (χ1v) is 5.29. The van der Waals surface area contributed by atoms with Crippen LogP contribution in [-0.4, -0.2) is 61.4 Å². The molecule has 0 atom stereocenters. The van der Waals surface area contributed by atoms with E-state index < -0.39 is 31.8 Å². The van der Waals surface area contributed by atoms with Crippen molar-refractivity contribution in [1.29, 1.82) is 0 Å². The Bertz CT molecular complexity index is 311. The number of hydrogen-bond acceptors (Lipinski definition) is 6. The molecule has 13 heteroatoms. The van der Waals surface area contributed by atoms with Crippen LogP contribution in [0, 0.1) is 0 Å². The van der Waals surface area contributed by atoms with Crippen LogP contribution < -0.4 is 0 Å². The zero-order valence-electron chi connectivity index (χ0n) is 6.43. The average Bonchev–Trinajstić information content (AvgIpc) is 1.83. The fourth-order valence-electron chi connectivity index (χ4n) is 0. The molecule has 0 bridgehead atoms. The predicted octanol–water partition coefficient (Wildman–Crippen LogP) is -0.872. The molecule has 0 heterocycles. The van der Waals surface area contributed by atoms with Gasteiger partial charge in [0, 0.05) is 0 Å². The van der Waals surface area contributed by atoms with E-state index in [1.807, 2.05) is 0 Å². The molecule has 0 saturated heterocycles. The van der Waals surface area contributed by atoms with E-state index in [1.54, 1.807) is 0 Å². The van der Waals surface area contributed by atoms with Crippen molar-refractivity contribution >= 4 is 44.1 Å². The fourth-order valence-corrected chi connectivity index (χ4v) is 0. The van der Waals surface area contributed by atoms with Crippen molar-refractivity contribution in [3.8, 4) is 0 Å². The first kappa shape index (κ1) is 20.7. The normalized spacial score (nSPS) is 11.7. The van der Waals surface area contributed by atoms with E-state index in [0.717, 1.165) is 0 Å². The summed E-state index contributed by atoms with van der Waals surface area (Å²) in [7, 11) is -10.6. The molecule has 6 nitrogen and oxygen atoms in total. The fraction of sp³-hybridized carbons (Fsp3) is 1.00. The van der Waals surface area contributed by atoms with Crippen LogP contribution in [0.4, 0.5) is 17.6 Å². The summed E-state index contributed by atoms with van der Waals surface area (Å²) in [6.07, 6.45) is 0. The largest absolute Gasteiger partial charge is 2.00 e. The number of hydrogen-bond donors (Lipinski definition) is 0. The van der Waals surface area contributed by atoms with Crippen LogP contribution in [0.2, 0.25) is 0 Å². The van der Waals surface area contributed by atoms with Crippen LogP contribution in [-0.2, 0) is 20.2 Å². The second-order valence-corrected chi connectivity index (χ2v) is 4.19. The molecule has 0 unspecified atom stereocenters. The van der Waals surface area contributed by atoms with Gasteiger partial charge in [-0.25, -0.2) is 16.8 Å². The summed E-state index contributed by atoms with van der Waals surface area (Å²) in [6, 6.07) is 0. The van der Waals surface area contributed by atoms with Crippen molar-refractivity contribution in [3.63, 3.8) is 0 Å². The Morgan fingerprint density at radius 3 is 0.800 bits per heavy atom. The molecule has 0 rings (SSSR count). The van der Waals surface area contributed by atoms with Gasteiger partial charge < -0.3 is 9.11 Å². The quantitative estimate of drug-likeness (QED) is 0.349. The third kappa shape index (κ3) is 14.3. The Morgan fingerprint density at radius 2 is 0.800 bits per heavy atom. The second-order valence-electron chi connectivity index (χ2n) is 1.51. The number of halogens is 4. The van der Waals surface area contributed by atoms with Gasteiger partial charge in [0.2, 0.25) is 0 Å². The molecule has 90 valence electrons. The maximum Gasteiger partial charge on any atom is 2.00 e. The molecule has 0 aromatic carbocycles. The minimum atomic E-state index is -5.32. The van der Waals surface area contributed by atoms with Crippen LogP contribution in [0.5, 0.6) is 0 Å². The van der Waals surface area contributed by atoms with E-state index in [-0.39, 0.29) is 23.9 Å². The van der Waals surface area contributed by atoms with Crippen LogP contribution >= 0.6 is 0 Å². The molecular formula is C2H2F4O6S2Sn. The van der Waals surface area contributed by atoms with Gasteiger partial charge in [0.25, 0.3) is 0 Å². The molecular weight excluding hydrogens is 379 g/mol. The molecule has 0 aromatic heterocycles. The van der Waals surface area contributed by atoms with Crippen LogP contribution in [0.3, 0.4) is 0 Å². The first-order chi connectivity index (χ1) is 5.89.